The quantitative estimate of drug-likeness (QED) is 0.528. The van der Waals surface area contributed by atoms with Crippen LogP contribution in [0.4, 0.5) is 5.69 Å². The molecule has 0 saturated carbocycles. The van der Waals surface area contributed by atoms with Crippen LogP contribution >= 0.6 is 11.3 Å². The first-order chi connectivity index (χ1) is 12.3. The summed E-state index contributed by atoms with van der Waals surface area (Å²) >= 11 is 1.47. The van der Waals surface area contributed by atoms with Crippen molar-refractivity contribution in [2.75, 3.05) is 6.54 Å². The predicted octanol–water partition coefficient (Wildman–Crippen LogP) is 3.76. The molecular formula is C19H18N2O4S. The highest BCUT2D eigenvalue weighted by molar-refractivity contribution is 7.19. The normalized spacial score (nSPS) is 13.3. The molecule has 0 aliphatic heterocycles. The summed E-state index contributed by atoms with van der Waals surface area (Å²) in [6, 6.07) is 14.1. The minimum atomic E-state index is -1.24. The van der Waals surface area contributed by atoms with Gasteiger partial charge in [0.2, 0.25) is 0 Å². The van der Waals surface area contributed by atoms with Crippen molar-refractivity contribution < 1.29 is 14.8 Å². The average molecular weight is 370 g/mol. The second-order valence-corrected chi connectivity index (χ2v) is 7.40. The number of nitrogens with zero attached hydrogens (tertiary/aromatic N) is 1. The lowest BCUT2D eigenvalue weighted by atomic mass is 10.0. The van der Waals surface area contributed by atoms with Crippen molar-refractivity contribution in [3.8, 4) is 0 Å². The van der Waals surface area contributed by atoms with Crippen LogP contribution in [0.3, 0.4) is 0 Å². The van der Waals surface area contributed by atoms with Gasteiger partial charge < -0.3 is 10.4 Å². The first kappa shape index (κ1) is 18.0. The summed E-state index contributed by atoms with van der Waals surface area (Å²) < 4.78 is 1.06. The van der Waals surface area contributed by atoms with Crippen LogP contribution in [0.2, 0.25) is 0 Å². The molecular weight excluding hydrogens is 352 g/mol. The molecule has 1 atom stereocenters. The van der Waals surface area contributed by atoms with Gasteiger partial charge in [-0.1, -0.05) is 24.3 Å². The Morgan fingerprint density at radius 1 is 1.27 bits per heavy atom. The molecule has 1 heterocycles. The molecule has 26 heavy (non-hydrogen) atoms. The highest BCUT2D eigenvalue weighted by atomic mass is 32.1. The van der Waals surface area contributed by atoms with Gasteiger partial charge in [-0.05, 0) is 37.4 Å². The maximum Gasteiger partial charge on any atom is 0.273 e. The maximum absolute atomic E-state index is 12.4. The van der Waals surface area contributed by atoms with Crippen LogP contribution in [-0.4, -0.2) is 22.5 Å². The Balaban J connectivity index is 1.78. The van der Waals surface area contributed by atoms with Crippen LogP contribution < -0.4 is 5.32 Å². The van der Waals surface area contributed by atoms with Crippen LogP contribution in [0, 0.1) is 17.0 Å². The molecule has 3 rings (SSSR count). The third kappa shape index (κ3) is 3.44. The molecule has 0 fully saturated rings. The first-order valence-electron chi connectivity index (χ1n) is 8.03. The number of amides is 1. The number of hydrogen-bond acceptors (Lipinski definition) is 5. The third-order valence-corrected chi connectivity index (χ3v) is 5.67. The summed E-state index contributed by atoms with van der Waals surface area (Å²) in [5.74, 6) is -0.451. The van der Waals surface area contributed by atoms with Crippen molar-refractivity contribution in [1.82, 2.24) is 5.32 Å². The molecule has 0 bridgehead atoms. The van der Waals surface area contributed by atoms with Crippen LogP contribution in [0.1, 0.15) is 27.7 Å². The van der Waals surface area contributed by atoms with Crippen molar-refractivity contribution in [2.24, 2.45) is 0 Å². The molecule has 0 radical (unpaired) electrons. The lowest BCUT2D eigenvalue weighted by molar-refractivity contribution is -0.385. The molecule has 134 valence electrons. The van der Waals surface area contributed by atoms with Crippen molar-refractivity contribution >= 4 is 33.0 Å². The molecule has 0 spiro atoms. The SMILES string of the molecule is Cc1c(C(=O)NCC(C)(O)c2cc3ccccc3s2)cccc1[N+](=O)[O-]. The van der Waals surface area contributed by atoms with E-state index in [0.717, 1.165) is 15.0 Å². The number of carbonyl (C=O) groups excluding carboxylic acids is 1. The number of nitro groups is 1. The number of thiophene rings is 1. The molecule has 3 aromatic rings. The minimum absolute atomic E-state index is 0.000781. The zero-order valence-electron chi connectivity index (χ0n) is 14.4. The van der Waals surface area contributed by atoms with Gasteiger partial charge in [0.1, 0.15) is 5.60 Å². The van der Waals surface area contributed by atoms with Crippen molar-refractivity contribution in [3.63, 3.8) is 0 Å². The minimum Gasteiger partial charge on any atom is -0.383 e. The molecule has 0 saturated heterocycles. The van der Waals surface area contributed by atoms with Gasteiger partial charge in [-0.2, -0.15) is 0 Å². The van der Waals surface area contributed by atoms with Gasteiger partial charge in [-0.3, -0.25) is 14.9 Å². The first-order valence-corrected chi connectivity index (χ1v) is 8.85. The number of hydrogen-bond donors (Lipinski definition) is 2. The van der Waals surface area contributed by atoms with E-state index in [9.17, 15) is 20.0 Å². The second kappa shape index (κ2) is 6.86. The van der Waals surface area contributed by atoms with Gasteiger partial charge in [0.05, 0.1) is 11.5 Å². The molecule has 1 aromatic heterocycles. The molecule has 0 aliphatic rings. The number of aliphatic hydroxyl groups is 1. The molecule has 0 aliphatic carbocycles. The summed E-state index contributed by atoms with van der Waals surface area (Å²) in [5, 5.41) is 25.5. The molecule has 6 nitrogen and oxygen atoms in total. The fraction of sp³-hybridized carbons (Fsp3) is 0.211. The number of rotatable bonds is 5. The number of carbonyl (C=O) groups is 1. The van der Waals surface area contributed by atoms with E-state index in [-0.39, 0.29) is 17.8 Å². The second-order valence-electron chi connectivity index (χ2n) is 6.31. The van der Waals surface area contributed by atoms with E-state index in [1.165, 1.54) is 36.5 Å². The predicted molar refractivity (Wildman–Crippen MR) is 102 cm³/mol. The summed E-state index contributed by atoms with van der Waals surface area (Å²) in [7, 11) is 0. The Morgan fingerprint density at radius 2 is 2.00 bits per heavy atom. The Kier molecular flexibility index (Phi) is 4.76. The zero-order chi connectivity index (χ0) is 18.9. The standard InChI is InChI=1S/C19H18N2O4S/c1-12-14(7-5-8-15(12)21(24)25)18(22)20-11-19(2,23)17-10-13-6-3-4-9-16(13)26-17/h3-10,23H,11H2,1-2H3,(H,20,22). The summed E-state index contributed by atoms with van der Waals surface area (Å²) in [5.41, 5.74) is -0.815. The maximum atomic E-state index is 12.4. The monoisotopic (exact) mass is 370 g/mol. The summed E-state index contributed by atoms with van der Waals surface area (Å²) in [6.07, 6.45) is 0. The lowest BCUT2D eigenvalue weighted by Crippen LogP contribution is -2.38. The van der Waals surface area contributed by atoms with E-state index in [4.69, 9.17) is 0 Å². The lowest BCUT2D eigenvalue weighted by Gasteiger charge is -2.22. The van der Waals surface area contributed by atoms with Gasteiger partial charge in [0.15, 0.2) is 0 Å². The van der Waals surface area contributed by atoms with Crippen LogP contribution in [0.15, 0.2) is 48.5 Å². The van der Waals surface area contributed by atoms with E-state index >= 15 is 0 Å². The van der Waals surface area contributed by atoms with Gasteiger partial charge in [0.25, 0.3) is 11.6 Å². The fourth-order valence-corrected chi connectivity index (χ4v) is 3.86. The highest BCUT2D eigenvalue weighted by Crippen LogP contribution is 2.33. The Bertz CT molecular complexity index is 961. The molecule has 1 amide bonds. The number of fused-ring (bicyclic) bond motifs is 1. The van der Waals surface area contributed by atoms with E-state index < -0.39 is 16.4 Å². The number of nitro benzene ring substituents is 1. The number of benzene rings is 2. The van der Waals surface area contributed by atoms with Gasteiger partial charge in [-0.25, -0.2) is 0 Å². The van der Waals surface area contributed by atoms with E-state index in [1.807, 2.05) is 30.3 Å². The fourth-order valence-electron chi connectivity index (χ4n) is 2.75. The van der Waals surface area contributed by atoms with Crippen molar-refractivity contribution in [2.45, 2.75) is 19.4 Å². The third-order valence-electron chi connectivity index (χ3n) is 4.30. The Morgan fingerprint density at radius 3 is 2.69 bits per heavy atom. The molecule has 1 unspecified atom stereocenters. The van der Waals surface area contributed by atoms with Crippen LogP contribution in [0.5, 0.6) is 0 Å². The van der Waals surface area contributed by atoms with E-state index in [2.05, 4.69) is 5.32 Å². The van der Waals surface area contributed by atoms with Gasteiger partial charge in [-0.15, -0.1) is 11.3 Å². The van der Waals surface area contributed by atoms with Crippen molar-refractivity contribution in [1.29, 1.82) is 0 Å². The van der Waals surface area contributed by atoms with Crippen LogP contribution in [0.25, 0.3) is 10.1 Å². The molecule has 2 aromatic carbocycles. The smallest absolute Gasteiger partial charge is 0.273 e. The Labute approximate surface area is 154 Å². The summed E-state index contributed by atoms with van der Waals surface area (Å²) in [4.78, 5) is 23.7. The largest absolute Gasteiger partial charge is 0.383 e. The topological polar surface area (TPSA) is 92.5 Å². The van der Waals surface area contributed by atoms with Crippen molar-refractivity contribution in [3.05, 3.63) is 74.6 Å². The van der Waals surface area contributed by atoms with Gasteiger partial charge in [0, 0.05) is 26.8 Å². The zero-order valence-corrected chi connectivity index (χ0v) is 15.2. The molecule has 2 N–H and O–H groups in total. The average Bonchev–Trinajstić information content (AvgIpc) is 3.05. The van der Waals surface area contributed by atoms with E-state index in [1.54, 1.807) is 6.92 Å². The highest BCUT2D eigenvalue weighted by Gasteiger charge is 2.27. The number of nitrogens with one attached hydrogen (secondary N) is 1. The van der Waals surface area contributed by atoms with E-state index in [0.29, 0.717) is 5.56 Å². The van der Waals surface area contributed by atoms with Crippen LogP contribution in [-0.2, 0) is 5.60 Å². The summed E-state index contributed by atoms with van der Waals surface area (Å²) in [6.45, 7) is 3.18. The Hall–Kier alpha value is -2.77. The van der Waals surface area contributed by atoms with Gasteiger partial charge >= 0.3 is 0 Å². The molecule has 7 heteroatoms.